The summed E-state index contributed by atoms with van der Waals surface area (Å²) in [5.41, 5.74) is 10.2. The van der Waals surface area contributed by atoms with Crippen molar-refractivity contribution in [1.82, 2.24) is 24.9 Å². The van der Waals surface area contributed by atoms with E-state index in [9.17, 15) is 9.59 Å². The summed E-state index contributed by atoms with van der Waals surface area (Å²) in [6, 6.07) is 11.4. The van der Waals surface area contributed by atoms with Gasteiger partial charge in [-0.15, -0.1) is 5.54 Å². The highest BCUT2D eigenvalue weighted by atomic mass is 127. The van der Waals surface area contributed by atoms with Crippen molar-refractivity contribution in [2.45, 2.75) is 33.5 Å². The molecule has 0 fully saturated rings. The number of amides is 2. The van der Waals surface area contributed by atoms with Gasteiger partial charge in [0, 0.05) is 68.1 Å². The predicted octanol–water partition coefficient (Wildman–Crippen LogP) is 9.19. The summed E-state index contributed by atoms with van der Waals surface area (Å²) in [4.78, 5) is 40.9. The number of hydrogen-bond donors (Lipinski definition) is 4. The van der Waals surface area contributed by atoms with Crippen LogP contribution in [-0.4, -0.2) is 44.8 Å². The molecule has 0 radical (unpaired) electrons. The first-order valence-corrected chi connectivity index (χ1v) is 21.3. The standard InChI is InChI=1S/C12H15BrN2OSi.C7H6BrIN2O.C7H5BrN2.C5H5BrN2/c1-9(16)15-12-10(5-6-17(2,3)4)7-11(13)8-14-12;1-4(12)11-7-6(9)2-5(8)3-10-7;8-6-3-5-1-2-9-7(5)10-4-6;6-4-1-2-5(7)8-3-4/h7-8H,1-4H3,(H,14,15,16);2-3H,1H3,(H,10,11,12);1-4H,(H,9,10);1-3H,(H2,7,8). The van der Waals surface area contributed by atoms with Crippen molar-refractivity contribution in [1.29, 1.82) is 0 Å². The monoisotopic (exact) mass is 1020 g/mol. The normalized spacial score (nSPS) is 10.0. The number of rotatable bonds is 2. The molecule has 0 saturated heterocycles. The fraction of sp³-hybridized carbons (Fsp3) is 0.161. The summed E-state index contributed by atoms with van der Waals surface area (Å²) >= 11 is 15.3. The van der Waals surface area contributed by atoms with Gasteiger partial charge in [0.2, 0.25) is 11.8 Å². The van der Waals surface area contributed by atoms with Crippen LogP contribution in [0.1, 0.15) is 19.4 Å². The van der Waals surface area contributed by atoms with Crippen molar-refractivity contribution in [2.75, 3.05) is 16.4 Å². The lowest BCUT2D eigenvalue weighted by atomic mass is 10.2. The highest BCUT2D eigenvalue weighted by Gasteiger charge is 2.09. The van der Waals surface area contributed by atoms with E-state index in [1.807, 2.05) is 36.5 Å². The number of carbonyl (C=O) groups excluding carboxylic acids is 2. The minimum Gasteiger partial charge on any atom is -0.384 e. The topological polar surface area (TPSA) is 152 Å². The Labute approximate surface area is 322 Å². The Hall–Kier alpha value is -2.69. The minimum absolute atomic E-state index is 0.109. The number of H-pyrrole nitrogens is 1. The Morgan fingerprint density at radius 2 is 1.34 bits per heavy atom. The second kappa shape index (κ2) is 20.0. The van der Waals surface area contributed by atoms with Crippen molar-refractivity contribution >= 4 is 135 Å². The molecular formula is C31H31Br4IN8O2Si. The molecule has 0 aliphatic rings. The number of nitrogen functional groups attached to an aromatic ring is 1. The summed E-state index contributed by atoms with van der Waals surface area (Å²) in [5.74, 6) is 4.52. The molecule has 5 heterocycles. The number of aromatic amines is 1. The third-order valence-corrected chi connectivity index (χ3v) is 8.41. The van der Waals surface area contributed by atoms with Gasteiger partial charge in [-0.1, -0.05) is 25.6 Å². The molecule has 0 aliphatic carbocycles. The van der Waals surface area contributed by atoms with E-state index in [2.05, 4.69) is 153 Å². The second-order valence-electron chi connectivity index (χ2n) is 10.4. The Bertz CT molecular complexity index is 1850. The fourth-order valence-electron chi connectivity index (χ4n) is 3.03. The number of nitrogens with zero attached hydrogens (tertiary/aromatic N) is 4. The first-order valence-electron chi connectivity index (χ1n) is 13.5. The molecule has 5 N–H and O–H groups in total. The van der Waals surface area contributed by atoms with E-state index >= 15 is 0 Å². The number of hydrogen-bond acceptors (Lipinski definition) is 7. The first-order chi connectivity index (χ1) is 22.0. The van der Waals surface area contributed by atoms with Crippen LogP contribution >= 0.6 is 86.3 Å². The van der Waals surface area contributed by atoms with Gasteiger partial charge >= 0.3 is 0 Å². The number of anilines is 3. The number of carbonyl (C=O) groups is 2. The van der Waals surface area contributed by atoms with E-state index in [1.165, 1.54) is 13.8 Å². The molecule has 16 heteroatoms. The smallest absolute Gasteiger partial charge is 0.222 e. The van der Waals surface area contributed by atoms with Gasteiger partial charge in [-0.3, -0.25) is 9.59 Å². The summed E-state index contributed by atoms with van der Waals surface area (Å²) in [6.07, 6.45) is 8.61. The van der Waals surface area contributed by atoms with Gasteiger partial charge in [-0.2, -0.15) is 0 Å². The summed E-state index contributed by atoms with van der Waals surface area (Å²) in [5, 5.41) is 6.43. The quantitative estimate of drug-likeness (QED) is 0.0783. The van der Waals surface area contributed by atoms with Crippen molar-refractivity contribution in [3.05, 3.63) is 94.4 Å². The van der Waals surface area contributed by atoms with E-state index in [0.717, 1.165) is 38.1 Å². The molecule has 0 spiro atoms. The number of fused-ring (bicyclic) bond motifs is 1. The van der Waals surface area contributed by atoms with E-state index in [4.69, 9.17) is 5.73 Å². The zero-order valence-corrected chi connectivity index (χ0v) is 35.4. The molecular weight excluding hydrogens is 991 g/mol. The average molecular weight is 1020 g/mol. The molecule has 0 unspecified atom stereocenters. The Morgan fingerprint density at radius 3 is 1.89 bits per heavy atom. The van der Waals surface area contributed by atoms with E-state index < -0.39 is 8.07 Å². The number of nitrogens with two attached hydrogens (primary N) is 1. The van der Waals surface area contributed by atoms with Crippen LogP contribution in [0.3, 0.4) is 0 Å². The van der Waals surface area contributed by atoms with Gasteiger partial charge in [0.25, 0.3) is 0 Å². The van der Waals surface area contributed by atoms with Crippen LogP contribution < -0.4 is 16.4 Å². The summed E-state index contributed by atoms with van der Waals surface area (Å²) in [7, 11) is -1.44. The van der Waals surface area contributed by atoms with Crippen LogP contribution in [0.2, 0.25) is 19.6 Å². The van der Waals surface area contributed by atoms with Gasteiger partial charge in [-0.05, 0) is 123 Å². The molecule has 10 nitrogen and oxygen atoms in total. The highest BCUT2D eigenvalue weighted by molar-refractivity contribution is 14.1. The van der Waals surface area contributed by atoms with E-state index in [-0.39, 0.29) is 11.8 Å². The third-order valence-electron chi connectivity index (χ3n) is 4.94. The molecule has 0 aromatic carbocycles. The maximum absolute atomic E-state index is 11.0. The molecule has 2 amide bonds. The predicted molar refractivity (Wildman–Crippen MR) is 216 cm³/mol. The van der Waals surface area contributed by atoms with Crippen LogP contribution in [0, 0.1) is 15.0 Å². The Kier molecular flexibility index (Phi) is 17.2. The van der Waals surface area contributed by atoms with Gasteiger partial charge < -0.3 is 21.4 Å². The molecule has 0 aliphatic heterocycles. The van der Waals surface area contributed by atoms with Gasteiger partial charge in [0.1, 0.15) is 31.2 Å². The van der Waals surface area contributed by atoms with E-state index in [1.54, 1.807) is 30.9 Å². The molecule has 0 bridgehead atoms. The molecule has 5 aromatic heterocycles. The zero-order valence-electron chi connectivity index (χ0n) is 25.9. The van der Waals surface area contributed by atoms with Crippen LogP contribution in [0.15, 0.2) is 85.3 Å². The van der Waals surface area contributed by atoms with Crippen LogP contribution in [0.5, 0.6) is 0 Å². The number of pyridine rings is 4. The zero-order chi connectivity index (χ0) is 35.1. The Balaban J connectivity index is 0.000000226. The van der Waals surface area contributed by atoms with Crippen LogP contribution in [0.25, 0.3) is 11.0 Å². The molecule has 246 valence electrons. The second-order valence-corrected chi connectivity index (χ2v) is 19.9. The minimum atomic E-state index is -1.44. The van der Waals surface area contributed by atoms with Gasteiger partial charge in [0.05, 0.1) is 9.13 Å². The molecule has 0 atom stereocenters. The number of aromatic nitrogens is 5. The summed E-state index contributed by atoms with van der Waals surface area (Å²) < 4.78 is 4.64. The lowest BCUT2D eigenvalue weighted by Gasteiger charge is -2.06. The Morgan fingerprint density at radius 1 is 0.787 bits per heavy atom. The maximum Gasteiger partial charge on any atom is 0.222 e. The molecule has 0 saturated carbocycles. The summed E-state index contributed by atoms with van der Waals surface area (Å²) in [6.45, 7) is 9.43. The molecule has 47 heavy (non-hydrogen) atoms. The molecule has 5 rings (SSSR count). The lowest BCUT2D eigenvalue weighted by molar-refractivity contribution is -0.115. The van der Waals surface area contributed by atoms with Crippen molar-refractivity contribution in [2.24, 2.45) is 0 Å². The fourth-order valence-corrected chi connectivity index (χ4v) is 5.82. The van der Waals surface area contributed by atoms with Gasteiger partial charge in [-0.25, -0.2) is 19.9 Å². The van der Waals surface area contributed by atoms with Crippen LogP contribution in [-0.2, 0) is 9.59 Å². The first kappa shape index (κ1) is 40.5. The van der Waals surface area contributed by atoms with Crippen LogP contribution in [0.4, 0.5) is 17.5 Å². The SMILES string of the molecule is Brc1cnc2[nH]ccc2c1.CC(=O)Nc1ncc(Br)cc1C#C[Si](C)(C)C.CC(=O)Nc1ncc(Br)cc1I.Nc1ccc(Br)cn1. The maximum atomic E-state index is 11.0. The van der Waals surface area contributed by atoms with E-state index in [0.29, 0.717) is 17.5 Å². The van der Waals surface area contributed by atoms with Crippen molar-refractivity contribution in [3.63, 3.8) is 0 Å². The van der Waals surface area contributed by atoms with Gasteiger partial charge in [0.15, 0.2) is 0 Å². The number of halogens is 5. The van der Waals surface area contributed by atoms with Crippen molar-refractivity contribution in [3.8, 4) is 11.5 Å². The average Bonchev–Trinajstić information content (AvgIpc) is 3.44. The molecule has 5 aromatic rings. The third kappa shape index (κ3) is 16.8. The van der Waals surface area contributed by atoms with Crippen molar-refractivity contribution < 1.29 is 9.59 Å². The lowest BCUT2D eigenvalue weighted by Crippen LogP contribution is -2.16. The highest BCUT2D eigenvalue weighted by Crippen LogP contribution is 2.20. The number of nitrogens with one attached hydrogen (secondary N) is 3. The largest absolute Gasteiger partial charge is 0.384 e.